The van der Waals surface area contributed by atoms with Gasteiger partial charge in [-0.2, -0.15) is 0 Å². The van der Waals surface area contributed by atoms with Gasteiger partial charge in [0, 0.05) is 6.42 Å². The maximum atomic E-state index is 12.1. The summed E-state index contributed by atoms with van der Waals surface area (Å²) < 4.78 is 21.6. The molecule has 6 heteroatoms. The van der Waals surface area contributed by atoms with Gasteiger partial charge in [-0.3, -0.25) is 0 Å². The molecule has 2 rings (SSSR count). The Balaban J connectivity index is 1.45. The minimum absolute atomic E-state index is 0.00780. The Morgan fingerprint density at radius 3 is 1.79 bits per heavy atom. The van der Waals surface area contributed by atoms with Gasteiger partial charge in [0.25, 0.3) is 0 Å². The SMILES string of the molecule is CC(C)CCCCCCCCCCOC(=O)OC1CCCC(OC(=O)OC2CCCCC2)C1. The second-order valence-corrected chi connectivity index (χ2v) is 10.4. The second kappa shape index (κ2) is 17.0. The molecule has 0 saturated heterocycles. The van der Waals surface area contributed by atoms with Crippen LogP contribution in [0.1, 0.15) is 129 Å². The number of hydrogen-bond donors (Lipinski definition) is 0. The van der Waals surface area contributed by atoms with E-state index in [-0.39, 0.29) is 18.3 Å². The fraction of sp³-hybridized carbons (Fsp3) is 0.926. The first kappa shape index (κ1) is 27.8. The topological polar surface area (TPSA) is 71.1 Å². The van der Waals surface area contributed by atoms with Gasteiger partial charge in [-0.05, 0) is 57.3 Å². The number of hydrogen-bond acceptors (Lipinski definition) is 6. The van der Waals surface area contributed by atoms with Crippen LogP contribution in [0.15, 0.2) is 0 Å². The van der Waals surface area contributed by atoms with Gasteiger partial charge in [0.15, 0.2) is 0 Å². The Labute approximate surface area is 201 Å². The summed E-state index contributed by atoms with van der Waals surface area (Å²) in [5, 5.41) is 0. The van der Waals surface area contributed by atoms with E-state index in [2.05, 4.69) is 13.8 Å². The molecule has 0 aromatic heterocycles. The van der Waals surface area contributed by atoms with Crippen LogP contribution >= 0.6 is 0 Å². The summed E-state index contributed by atoms with van der Waals surface area (Å²) in [6, 6.07) is 0. The van der Waals surface area contributed by atoms with E-state index >= 15 is 0 Å². The zero-order valence-electron chi connectivity index (χ0n) is 21.2. The van der Waals surface area contributed by atoms with Crippen molar-refractivity contribution in [2.24, 2.45) is 5.92 Å². The Morgan fingerprint density at radius 2 is 1.15 bits per heavy atom. The van der Waals surface area contributed by atoms with Crippen molar-refractivity contribution in [2.45, 2.75) is 148 Å². The molecule has 0 aromatic rings. The van der Waals surface area contributed by atoms with Crippen molar-refractivity contribution in [3.05, 3.63) is 0 Å². The van der Waals surface area contributed by atoms with Crippen LogP contribution in [-0.2, 0) is 18.9 Å². The first-order valence-corrected chi connectivity index (χ1v) is 13.7. The van der Waals surface area contributed by atoms with Crippen LogP contribution in [0.2, 0.25) is 0 Å². The van der Waals surface area contributed by atoms with E-state index in [1.165, 1.54) is 51.4 Å². The Morgan fingerprint density at radius 1 is 0.636 bits per heavy atom. The molecule has 2 fully saturated rings. The number of rotatable bonds is 14. The molecular weight excluding hydrogens is 420 g/mol. The van der Waals surface area contributed by atoms with Crippen LogP contribution in [0.5, 0.6) is 0 Å². The lowest BCUT2D eigenvalue weighted by Crippen LogP contribution is -2.33. The number of unbranched alkanes of at least 4 members (excludes halogenated alkanes) is 7. The zero-order chi connectivity index (χ0) is 23.7. The van der Waals surface area contributed by atoms with Crippen molar-refractivity contribution >= 4 is 12.3 Å². The molecule has 6 nitrogen and oxygen atoms in total. The molecule has 0 heterocycles. The van der Waals surface area contributed by atoms with Gasteiger partial charge < -0.3 is 18.9 Å². The number of ether oxygens (including phenoxy) is 4. The van der Waals surface area contributed by atoms with E-state index in [9.17, 15) is 9.59 Å². The zero-order valence-corrected chi connectivity index (χ0v) is 21.2. The third-order valence-corrected chi connectivity index (χ3v) is 6.81. The molecule has 192 valence electrons. The summed E-state index contributed by atoms with van der Waals surface area (Å²) in [5.74, 6) is 0.819. The van der Waals surface area contributed by atoms with Gasteiger partial charge in [-0.25, -0.2) is 9.59 Å². The van der Waals surface area contributed by atoms with Crippen molar-refractivity contribution in [1.29, 1.82) is 0 Å². The van der Waals surface area contributed by atoms with E-state index in [1.807, 2.05) is 0 Å². The van der Waals surface area contributed by atoms with Crippen LogP contribution in [0.4, 0.5) is 9.59 Å². The lowest BCUT2D eigenvalue weighted by molar-refractivity contribution is -0.0467. The quantitative estimate of drug-likeness (QED) is 0.189. The Kier molecular flexibility index (Phi) is 14.4. The lowest BCUT2D eigenvalue weighted by Gasteiger charge is -2.29. The summed E-state index contributed by atoms with van der Waals surface area (Å²) in [6.07, 6.45) is 17.6. The van der Waals surface area contributed by atoms with Gasteiger partial charge in [0.1, 0.15) is 18.3 Å². The van der Waals surface area contributed by atoms with Crippen LogP contribution < -0.4 is 0 Å². The molecule has 2 aliphatic carbocycles. The first-order valence-electron chi connectivity index (χ1n) is 13.7. The highest BCUT2D eigenvalue weighted by atomic mass is 16.7. The Hall–Kier alpha value is -1.46. The van der Waals surface area contributed by atoms with Gasteiger partial charge in [0.05, 0.1) is 6.61 Å². The maximum Gasteiger partial charge on any atom is 0.508 e. The second-order valence-electron chi connectivity index (χ2n) is 10.4. The molecule has 2 atom stereocenters. The number of carbonyl (C=O) groups excluding carboxylic acids is 2. The van der Waals surface area contributed by atoms with Gasteiger partial charge >= 0.3 is 12.3 Å². The summed E-state index contributed by atoms with van der Waals surface area (Å²) in [4.78, 5) is 24.1. The van der Waals surface area contributed by atoms with Crippen LogP contribution in [0.25, 0.3) is 0 Å². The minimum atomic E-state index is -0.601. The minimum Gasteiger partial charge on any atom is -0.434 e. The van der Waals surface area contributed by atoms with Crippen LogP contribution in [0.3, 0.4) is 0 Å². The standard InChI is InChI=1S/C27H48O6/c1-22(2)15-10-7-5-3-4-6-8-13-20-30-26(28)32-24-18-14-19-25(21-24)33-27(29)31-23-16-11-9-12-17-23/h22-25H,3-21H2,1-2H3. The molecule has 0 amide bonds. The summed E-state index contributed by atoms with van der Waals surface area (Å²) in [5.41, 5.74) is 0. The van der Waals surface area contributed by atoms with Crippen molar-refractivity contribution in [3.8, 4) is 0 Å². The average molecular weight is 469 g/mol. The lowest BCUT2D eigenvalue weighted by atomic mass is 9.95. The highest BCUT2D eigenvalue weighted by Gasteiger charge is 2.29. The van der Waals surface area contributed by atoms with Gasteiger partial charge in [-0.15, -0.1) is 0 Å². The highest BCUT2D eigenvalue weighted by Crippen LogP contribution is 2.26. The largest absolute Gasteiger partial charge is 0.508 e. The smallest absolute Gasteiger partial charge is 0.434 e. The van der Waals surface area contributed by atoms with E-state index in [0.29, 0.717) is 13.0 Å². The van der Waals surface area contributed by atoms with Gasteiger partial charge in [0.2, 0.25) is 0 Å². The molecule has 33 heavy (non-hydrogen) atoms. The monoisotopic (exact) mass is 468 g/mol. The first-order chi connectivity index (χ1) is 16.0. The summed E-state index contributed by atoms with van der Waals surface area (Å²) in [6.45, 7) is 4.98. The normalized spacial score (nSPS) is 21.5. The molecule has 0 aliphatic heterocycles. The highest BCUT2D eigenvalue weighted by molar-refractivity contribution is 5.61. The molecule has 0 radical (unpaired) electrons. The molecule has 2 saturated carbocycles. The van der Waals surface area contributed by atoms with Crippen LogP contribution in [-0.4, -0.2) is 37.2 Å². The predicted octanol–water partition coefficient (Wildman–Crippen LogP) is 8.10. The average Bonchev–Trinajstić information content (AvgIpc) is 2.78. The van der Waals surface area contributed by atoms with E-state index < -0.39 is 12.3 Å². The van der Waals surface area contributed by atoms with Crippen molar-refractivity contribution in [1.82, 2.24) is 0 Å². The summed E-state index contributed by atoms with van der Waals surface area (Å²) >= 11 is 0. The van der Waals surface area contributed by atoms with E-state index in [4.69, 9.17) is 18.9 Å². The van der Waals surface area contributed by atoms with E-state index in [1.54, 1.807) is 0 Å². The molecule has 0 N–H and O–H groups in total. The molecule has 0 spiro atoms. The third-order valence-electron chi connectivity index (χ3n) is 6.81. The molecule has 2 unspecified atom stereocenters. The van der Waals surface area contributed by atoms with Crippen molar-refractivity contribution < 1.29 is 28.5 Å². The Bertz CT molecular complexity index is 529. The van der Waals surface area contributed by atoms with Crippen molar-refractivity contribution in [3.63, 3.8) is 0 Å². The molecule has 0 aromatic carbocycles. The molecule has 2 aliphatic rings. The van der Waals surface area contributed by atoms with Crippen molar-refractivity contribution in [2.75, 3.05) is 6.61 Å². The maximum absolute atomic E-state index is 12.1. The number of carbonyl (C=O) groups is 2. The van der Waals surface area contributed by atoms with Crippen LogP contribution in [0, 0.1) is 5.92 Å². The fourth-order valence-corrected chi connectivity index (χ4v) is 4.84. The summed E-state index contributed by atoms with van der Waals surface area (Å²) in [7, 11) is 0. The molecule has 0 bridgehead atoms. The fourth-order valence-electron chi connectivity index (χ4n) is 4.84. The predicted molar refractivity (Wildman–Crippen MR) is 129 cm³/mol. The van der Waals surface area contributed by atoms with E-state index in [0.717, 1.165) is 63.7 Å². The third kappa shape index (κ3) is 13.7. The van der Waals surface area contributed by atoms with Gasteiger partial charge in [-0.1, -0.05) is 71.6 Å². The molecular formula is C27H48O6.